The van der Waals surface area contributed by atoms with Crippen molar-refractivity contribution in [2.45, 2.75) is 25.8 Å². The van der Waals surface area contributed by atoms with Crippen LogP contribution in [0.2, 0.25) is 0 Å². The van der Waals surface area contributed by atoms with Gasteiger partial charge in [0.1, 0.15) is 6.61 Å². The summed E-state index contributed by atoms with van der Waals surface area (Å²) in [5, 5.41) is 11.4. The molecule has 1 saturated heterocycles. The molecule has 0 bridgehead atoms. The van der Waals surface area contributed by atoms with Gasteiger partial charge >= 0.3 is 5.97 Å². The summed E-state index contributed by atoms with van der Waals surface area (Å²) in [6, 6.07) is 13.7. The number of pyridine rings is 2. The van der Waals surface area contributed by atoms with Crippen LogP contribution < -0.4 is 5.32 Å². The smallest absolute Gasteiger partial charge is 0.338 e. The lowest BCUT2D eigenvalue weighted by Gasteiger charge is -2.12. The molecule has 7 nitrogen and oxygen atoms in total. The summed E-state index contributed by atoms with van der Waals surface area (Å²) < 4.78 is 5.60. The van der Waals surface area contributed by atoms with Crippen LogP contribution in [0.4, 0.5) is 0 Å². The minimum absolute atomic E-state index is 0.239. The second kappa shape index (κ2) is 8.28. The molecule has 156 valence electrons. The number of aromatic nitrogens is 4. The molecule has 7 heteroatoms. The molecular formula is C24H23N5O2. The normalized spacial score (nSPS) is 16.0. The van der Waals surface area contributed by atoms with Crippen LogP contribution in [-0.2, 0) is 4.74 Å². The van der Waals surface area contributed by atoms with E-state index in [1.807, 2.05) is 43.3 Å². The lowest BCUT2D eigenvalue weighted by Crippen LogP contribution is -2.28. The monoisotopic (exact) mass is 413 g/mol. The number of hydrogen-bond acceptors (Lipinski definition) is 6. The number of carbonyl (C=O) groups excluding carboxylic acids is 1. The number of H-pyrrole nitrogens is 1. The third-order valence-electron chi connectivity index (χ3n) is 5.63. The molecule has 0 aliphatic carbocycles. The van der Waals surface area contributed by atoms with Gasteiger partial charge in [-0.15, -0.1) is 0 Å². The minimum Gasteiger partial charge on any atom is -0.460 e. The summed E-state index contributed by atoms with van der Waals surface area (Å²) >= 11 is 0. The summed E-state index contributed by atoms with van der Waals surface area (Å²) in [6.45, 7) is 3.32. The Bertz CT molecular complexity index is 1240. The third kappa shape index (κ3) is 3.92. The number of hydrogen-bond donors (Lipinski definition) is 2. The first-order valence-corrected chi connectivity index (χ1v) is 10.5. The molecule has 1 aromatic carbocycles. The van der Waals surface area contributed by atoms with E-state index in [0.29, 0.717) is 12.2 Å². The number of fused-ring (bicyclic) bond motifs is 1. The number of aryl methyl sites for hydroxylation is 1. The number of esters is 1. The molecule has 0 amide bonds. The van der Waals surface area contributed by atoms with Gasteiger partial charge in [0.05, 0.1) is 28.7 Å². The van der Waals surface area contributed by atoms with Gasteiger partial charge in [-0.25, -0.2) is 4.79 Å². The van der Waals surface area contributed by atoms with E-state index in [2.05, 4.69) is 25.5 Å². The fourth-order valence-electron chi connectivity index (χ4n) is 4.03. The van der Waals surface area contributed by atoms with Gasteiger partial charge in [0.2, 0.25) is 0 Å². The highest BCUT2D eigenvalue weighted by Crippen LogP contribution is 2.32. The van der Waals surface area contributed by atoms with E-state index < -0.39 is 0 Å². The van der Waals surface area contributed by atoms with Crippen molar-refractivity contribution in [3.05, 3.63) is 66.1 Å². The molecule has 0 unspecified atom stereocenters. The van der Waals surface area contributed by atoms with Gasteiger partial charge in [0.25, 0.3) is 0 Å². The predicted molar refractivity (Wildman–Crippen MR) is 119 cm³/mol. The molecule has 5 rings (SSSR count). The van der Waals surface area contributed by atoms with Crippen molar-refractivity contribution in [2.75, 3.05) is 13.2 Å². The van der Waals surface area contributed by atoms with Crippen LogP contribution >= 0.6 is 0 Å². The van der Waals surface area contributed by atoms with Crippen molar-refractivity contribution in [2.24, 2.45) is 0 Å². The number of nitrogens with zero attached hydrogens (tertiary/aromatic N) is 3. The zero-order valence-corrected chi connectivity index (χ0v) is 17.3. The molecule has 0 spiro atoms. The Kier molecular flexibility index (Phi) is 5.18. The van der Waals surface area contributed by atoms with E-state index in [0.717, 1.165) is 58.5 Å². The molecule has 0 radical (unpaired) electrons. The lowest BCUT2D eigenvalue weighted by molar-refractivity contribution is 0.0475. The Labute approximate surface area is 179 Å². The first-order valence-electron chi connectivity index (χ1n) is 10.5. The third-order valence-corrected chi connectivity index (χ3v) is 5.63. The summed E-state index contributed by atoms with van der Waals surface area (Å²) in [5.41, 5.74) is 5.70. The largest absolute Gasteiger partial charge is 0.460 e. The molecule has 4 heterocycles. The van der Waals surface area contributed by atoms with Crippen molar-refractivity contribution < 1.29 is 9.53 Å². The van der Waals surface area contributed by atoms with E-state index in [9.17, 15) is 4.79 Å². The van der Waals surface area contributed by atoms with Crippen LogP contribution in [0.1, 0.15) is 28.9 Å². The van der Waals surface area contributed by atoms with Crippen LogP contribution in [0.15, 0.2) is 54.9 Å². The maximum atomic E-state index is 12.8. The Balaban J connectivity index is 1.50. The van der Waals surface area contributed by atoms with Gasteiger partial charge in [0.15, 0.2) is 0 Å². The highest BCUT2D eigenvalue weighted by molar-refractivity contribution is 6.04. The molecule has 3 aromatic heterocycles. The number of benzene rings is 1. The van der Waals surface area contributed by atoms with Gasteiger partial charge in [0, 0.05) is 28.9 Å². The average molecular weight is 413 g/mol. The second-order valence-electron chi connectivity index (χ2n) is 7.81. The molecule has 1 atom stereocenters. The van der Waals surface area contributed by atoms with Crippen LogP contribution in [0.25, 0.3) is 33.4 Å². The van der Waals surface area contributed by atoms with Crippen molar-refractivity contribution in [1.82, 2.24) is 25.5 Å². The van der Waals surface area contributed by atoms with E-state index in [4.69, 9.17) is 4.74 Å². The van der Waals surface area contributed by atoms with Crippen LogP contribution in [-0.4, -0.2) is 45.3 Å². The Morgan fingerprint density at radius 3 is 3.00 bits per heavy atom. The molecule has 31 heavy (non-hydrogen) atoms. The van der Waals surface area contributed by atoms with Crippen LogP contribution in [0.3, 0.4) is 0 Å². The topological polar surface area (TPSA) is 92.8 Å². The second-order valence-corrected chi connectivity index (χ2v) is 7.81. The molecular weight excluding hydrogens is 390 g/mol. The summed E-state index contributed by atoms with van der Waals surface area (Å²) in [4.78, 5) is 21.9. The van der Waals surface area contributed by atoms with E-state index in [1.54, 1.807) is 18.5 Å². The Morgan fingerprint density at radius 2 is 2.16 bits per heavy atom. The first kappa shape index (κ1) is 19.4. The number of rotatable bonds is 5. The van der Waals surface area contributed by atoms with E-state index in [-0.39, 0.29) is 12.0 Å². The standard InChI is InChI=1S/C24H23N5O2/c1-15-4-2-6-22(28-15)23-20(13-27-29-23)16-7-8-21-19(12-16)18(9-11-26-21)24(30)31-14-17-5-3-10-25-17/h2,4,6-9,11-13,17,25H,3,5,10,14H2,1H3,(H,27,29)/t17-/m1/s1. The number of aromatic amines is 1. The van der Waals surface area contributed by atoms with Gasteiger partial charge < -0.3 is 10.1 Å². The summed E-state index contributed by atoms with van der Waals surface area (Å²) in [5.74, 6) is -0.328. The van der Waals surface area contributed by atoms with Crippen LogP contribution in [0, 0.1) is 6.92 Å². The first-order chi connectivity index (χ1) is 15.2. The molecule has 4 aromatic rings. The fraction of sp³-hybridized carbons (Fsp3) is 0.250. The predicted octanol–water partition coefficient (Wildman–Crippen LogP) is 3.90. The maximum Gasteiger partial charge on any atom is 0.338 e. The van der Waals surface area contributed by atoms with Crippen molar-refractivity contribution >= 4 is 16.9 Å². The quantitative estimate of drug-likeness (QED) is 0.482. The molecule has 1 aliphatic rings. The van der Waals surface area contributed by atoms with Gasteiger partial charge in [-0.3, -0.25) is 15.1 Å². The van der Waals surface area contributed by atoms with E-state index in [1.165, 1.54) is 0 Å². The van der Waals surface area contributed by atoms with Crippen molar-refractivity contribution in [3.63, 3.8) is 0 Å². The zero-order valence-electron chi connectivity index (χ0n) is 17.3. The average Bonchev–Trinajstić information content (AvgIpc) is 3.49. The van der Waals surface area contributed by atoms with Crippen LogP contribution in [0.5, 0.6) is 0 Å². The van der Waals surface area contributed by atoms with E-state index >= 15 is 0 Å². The molecule has 2 N–H and O–H groups in total. The Hall–Kier alpha value is -3.58. The zero-order chi connectivity index (χ0) is 21.2. The van der Waals surface area contributed by atoms with Crippen molar-refractivity contribution in [1.29, 1.82) is 0 Å². The highest BCUT2D eigenvalue weighted by Gasteiger charge is 2.19. The highest BCUT2D eigenvalue weighted by atomic mass is 16.5. The van der Waals surface area contributed by atoms with Crippen molar-refractivity contribution in [3.8, 4) is 22.5 Å². The number of carbonyl (C=O) groups is 1. The van der Waals surface area contributed by atoms with Gasteiger partial charge in [-0.1, -0.05) is 12.1 Å². The summed E-state index contributed by atoms with van der Waals surface area (Å²) in [7, 11) is 0. The molecule has 1 aliphatic heterocycles. The van der Waals surface area contributed by atoms with Gasteiger partial charge in [-0.05, 0) is 62.2 Å². The summed E-state index contributed by atoms with van der Waals surface area (Å²) in [6.07, 6.45) is 5.57. The maximum absolute atomic E-state index is 12.8. The van der Waals surface area contributed by atoms with Gasteiger partial charge in [-0.2, -0.15) is 5.10 Å². The fourth-order valence-corrected chi connectivity index (χ4v) is 4.03. The minimum atomic E-state index is -0.328. The molecule has 1 fully saturated rings. The Morgan fingerprint density at radius 1 is 1.23 bits per heavy atom. The number of nitrogens with one attached hydrogen (secondary N) is 2. The number of ether oxygens (including phenoxy) is 1. The lowest BCUT2D eigenvalue weighted by atomic mass is 10.00. The SMILES string of the molecule is Cc1cccc(-c2[nH]ncc2-c2ccc3nccc(C(=O)OC[C@H]4CCCN4)c3c2)n1. The molecule has 0 saturated carbocycles.